The molecule has 3 heteroatoms. The molecule has 0 bridgehead atoms. The van der Waals surface area contributed by atoms with Gasteiger partial charge in [0.1, 0.15) is 5.75 Å². The van der Waals surface area contributed by atoms with Crippen LogP contribution in [0.25, 0.3) is 10.8 Å². The van der Waals surface area contributed by atoms with Crippen molar-refractivity contribution >= 4 is 22.4 Å². The van der Waals surface area contributed by atoms with E-state index in [0.29, 0.717) is 13.0 Å². The van der Waals surface area contributed by atoms with Gasteiger partial charge in [-0.1, -0.05) is 18.2 Å². The van der Waals surface area contributed by atoms with Crippen molar-refractivity contribution in [1.29, 1.82) is 0 Å². The van der Waals surface area contributed by atoms with Crippen molar-refractivity contribution in [2.45, 2.75) is 6.42 Å². The number of rotatable bonds is 3. The molecule has 0 aliphatic carbocycles. The molecule has 0 saturated heterocycles. The van der Waals surface area contributed by atoms with E-state index in [2.05, 4.69) is 6.58 Å². The van der Waals surface area contributed by atoms with Gasteiger partial charge in [-0.3, -0.25) is 4.79 Å². The number of amides is 1. The number of ether oxygens (including phenoxy) is 1. The molecule has 1 amide bonds. The van der Waals surface area contributed by atoms with Gasteiger partial charge in [-0.2, -0.15) is 0 Å². The minimum atomic E-state index is 0.130. The van der Waals surface area contributed by atoms with E-state index in [-0.39, 0.29) is 5.91 Å². The van der Waals surface area contributed by atoms with Crippen LogP contribution in [-0.4, -0.2) is 19.6 Å². The van der Waals surface area contributed by atoms with Gasteiger partial charge in [0.25, 0.3) is 0 Å². The predicted molar refractivity (Wildman–Crippen MR) is 76.8 cm³/mol. The third-order valence-electron chi connectivity index (χ3n) is 3.55. The van der Waals surface area contributed by atoms with Crippen LogP contribution in [0.15, 0.2) is 43.0 Å². The number of anilines is 1. The van der Waals surface area contributed by atoms with Crippen molar-refractivity contribution in [2.24, 2.45) is 0 Å². The first-order chi connectivity index (χ1) is 9.24. The van der Waals surface area contributed by atoms with Gasteiger partial charge in [-0.25, -0.2) is 0 Å². The summed E-state index contributed by atoms with van der Waals surface area (Å²) in [4.78, 5) is 13.8. The van der Waals surface area contributed by atoms with Gasteiger partial charge in [-0.05, 0) is 34.5 Å². The number of hydrogen-bond acceptors (Lipinski definition) is 2. The fourth-order valence-electron chi connectivity index (χ4n) is 2.63. The monoisotopic (exact) mass is 253 g/mol. The molecule has 0 radical (unpaired) electrons. The largest absolute Gasteiger partial charge is 0.497 e. The van der Waals surface area contributed by atoms with Crippen LogP contribution in [0.2, 0.25) is 0 Å². The first-order valence-electron chi connectivity index (χ1n) is 6.25. The summed E-state index contributed by atoms with van der Waals surface area (Å²) >= 11 is 0. The standard InChI is InChI=1S/C16H15NO2/c1-3-8-17-15-7-5-11-4-6-12(19-2)9-13(11)14(15)10-16(17)18/h3-7,9H,1,8,10H2,2H3. The fraction of sp³-hybridized carbons (Fsp3) is 0.188. The average Bonchev–Trinajstić information content (AvgIpc) is 2.76. The van der Waals surface area contributed by atoms with E-state index < -0.39 is 0 Å². The third kappa shape index (κ3) is 1.78. The zero-order chi connectivity index (χ0) is 13.4. The maximum Gasteiger partial charge on any atom is 0.231 e. The lowest BCUT2D eigenvalue weighted by molar-refractivity contribution is -0.117. The van der Waals surface area contributed by atoms with E-state index in [1.54, 1.807) is 18.1 Å². The zero-order valence-electron chi connectivity index (χ0n) is 10.8. The first-order valence-corrected chi connectivity index (χ1v) is 6.25. The number of nitrogens with zero attached hydrogens (tertiary/aromatic N) is 1. The van der Waals surface area contributed by atoms with Crippen molar-refractivity contribution in [2.75, 3.05) is 18.6 Å². The summed E-state index contributed by atoms with van der Waals surface area (Å²) in [6, 6.07) is 10.0. The highest BCUT2D eigenvalue weighted by atomic mass is 16.5. The van der Waals surface area contributed by atoms with Crippen LogP contribution in [0.3, 0.4) is 0 Å². The summed E-state index contributed by atoms with van der Waals surface area (Å²) in [5, 5.41) is 2.23. The van der Waals surface area contributed by atoms with Crippen molar-refractivity contribution < 1.29 is 9.53 Å². The molecule has 1 aliphatic rings. The smallest absolute Gasteiger partial charge is 0.231 e. The van der Waals surface area contributed by atoms with Crippen LogP contribution in [-0.2, 0) is 11.2 Å². The summed E-state index contributed by atoms with van der Waals surface area (Å²) in [6.07, 6.45) is 2.20. The zero-order valence-corrected chi connectivity index (χ0v) is 10.8. The van der Waals surface area contributed by atoms with Crippen LogP contribution < -0.4 is 9.64 Å². The molecule has 0 fully saturated rings. The van der Waals surface area contributed by atoms with E-state index in [1.807, 2.05) is 30.3 Å². The molecule has 2 aromatic rings. The van der Waals surface area contributed by atoms with Gasteiger partial charge in [0.2, 0.25) is 5.91 Å². The average molecular weight is 253 g/mol. The molecule has 0 saturated carbocycles. The van der Waals surface area contributed by atoms with Crippen molar-refractivity contribution in [3.05, 3.63) is 48.6 Å². The summed E-state index contributed by atoms with van der Waals surface area (Å²) in [5.74, 6) is 0.945. The van der Waals surface area contributed by atoms with Gasteiger partial charge in [0.15, 0.2) is 0 Å². The third-order valence-corrected chi connectivity index (χ3v) is 3.55. The SMILES string of the molecule is C=CCN1C(=O)Cc2c1ccc1ccc(OC)cc21. The molecule has 0 spiro atoms. The molecule has 1 heterocycles. The molecule has 0 aromatic heterocycles. The van der Waals surface area contributed by atoms with E-state index in [1.165, 1.54) is 0 Å². The van der Waals surface area contributed by atoms with Gasteiger partial charge in [-0.15, -0.1) is 6.58 Å². The number of methoxy groups -OCH3 is 1. The lowest BCUT2D eigenvalue weighted by Gasteiger charge is -2.15. The molecule has 0 N–H and O–H groups in total. The Kier molecular flexibility index (Phi) is 2.75. The van der Waals surface area contributed by atoms with E-state index in [0.717, 1.165) is 27.8 Å². The van der Waals surface area contributed by atoms with Gasteiger partial charge in [0.05, 0.1) is 13.5 Å². The van der Waals surface area contributed by atoms with Crippen LogP contribution in [0.1, 0.15) is 5.56 Å². The minimum Gasteiger partial charge on any atom is -0.497 e. The Bertz CT molecular complexity index is 676. The van der Waals surface area contributed by atoms with Crippen molar-refractivity contribution in [1.82, 2.24) is 0 Å². The van der Waals surface area contributed by atoms with E-state index >= 15 is 0 Å². The first kappa shape index (κ1) is 11.8. The number of hydrogen-bond donors (Lipinski definition) is 0. The quantitative estimate of drug-likeness (QED) is 0.787. The van der Waals surface area contributed by atoms with Crippen molar-refractivity contribution in [3.8, 4) is 5.75 Å². The van der Waals surface area contributed by atoms with Crippen LogP contribution >= 0.6 is 0 Å². The number of carbonyl (C=O) groups excluding carboxylic acids is 1. The highest BCUT2D eigenvalue weighted by molar-refractivity contribution is 6.07. The lowest BCUT2D eigenvalue weighted by atomic mass is 10.0. The summed E-state index contributed by atoms with van der Waals surface area (Å²) in [6.45, 7) is 4.26. The number of fused-ring (bicyclic) bond motifs is 3. The van der Waals surface area contributed by atoms with Gasteiger partial charge < -0.3 is 9.64 Å². The lowest BCUT2D eigenvalue weighted by Crippen LogP contribution is -2.26. The number of carbonyl (C=O) groups is 1. The second-order valence-electron chi connectivity index (χ2n) is 4.62. The second-order valence-corrected chi connectivity index (χ2v) is 4.62. The number of benzene rings is 2. The van der Waals surface area contributed by atoms with Crippen LogP contribution in [0.4, 0.5) is 5.69 Å². The Morgan fingerprint density at radius 3 is 2.89 bits per heavy atom. The molecule has 2 aromatic carbocycles. The molecule has 19 heavy (non-hydrogen) atoms. The Hall–Kier alpha value is -2.29. The maximum atomic E-state index is 12.1. The van der Waals surface area contributed by atoms with E-state index in [4.69, 9.17) is 4.74 Å². The molecule has 1 aliphatic heterocycles. The Morgan fingerprint density at radius 2 is 2.16 bits per heavy atom. The van der Waals surface area contributed by atoms with Gasteiger partial charge in [0, 0.05) is 12.2 Å². The molecular weight excluding hydrogens is 238 g/mol. The molecule has 0 atom stereocenters. The normalized spacial score (nSPS) is 13.7. The van der Waals surface area contributed by atoms with E-state index in [9.17, 15) is 4.79 Å². The van der Waals surface area contributed by atoms with Gasteiger partial charge >= 0.3 is 0 Å². The van der Waals surface area contributed by atoms with Crippen LogP contribution in [0, 0.1) is 0 Å². The molecule has 3 rings (SSSR count). The minimum absolute atomic E-state index is 0.130. The second kappa shape index (κ2) is 4.43. The Balaban J connectivity index is 2.21. The van der Waals surface area contributed by atoms with Crippen molar-refractivity contribution in [3.63, 3.8) is 0 Å². The highest BCUT2D eigenvalue weighted by Gasteiger charge is 2.27. The Labute approximate surface area is 112 Å². The summed E-state index contributed by atoms with van der Waals surface area (Å²) in [7, 11) is 1.65. The maximum absolute atomic E-state index is 12.1. The molecule has 96 valence electrons. The highest BCUT2D eigenvalue weighted by Crippen LogP contribution is 2.36. The molecule has 0 unspecified atom stereocenters. The van der Waals surface area contributed by atoms with Crippen LogP contribution in [0.5, 0.6) is 5.75 Å². The molecular formula is C16H15NO2. The topological polar surface area (TPSA) is 29.5 Å². The predicted octanol–water partition coefficient (Wildman–Crippen LogP) is 2.92. The fourth-order valence-corrected chi connectivity index (χ4v) is 2.63. The Morgan fingerprint density at radius 1 is 1.37 bits per heavy atom. The molecule has 3 nitrogen and oxygen atoms in total. The summed E-state index contributed by atoms with van der Waals surface area (Å²) in [5.41, 5.74) is 2.08. The summed E-state index contributed by atoms with van der Waals surface area (Å²) < 4.78 is 5.27.